The van der Waals surface area contributed by atoms with Crippen LogP contribution in [0.25, 0.3) is 74.7 Å². The Labute approximate surface area is 219 Å². The first-order valence-electron chi connectivity index (χ1n) is 12.7. The van der Waals surface area contributed by atoms with E-state index in [2.05, 4.69) is 133 Å². The molecular weight excluding hydrogens is 464 g/mol. The second-order valence-corrected chi connectivity index (χ2v) is 10.8. The van der Waals surface area contributed by atoms with Crippen LogP contribution >= 0.6 is 11.3 Å². The third kappa shape index (κ3) is 3.21. The molecule has 0 bridgehead atoms. The summed E-state index contributed by atoms with van der Waals surface area (Å²) in [6.45, 7) is 0. The van der Waals surface area contributed by atoms with E-state index >= 15 is 0 Å². The van der Waals surface area contributed by atoms with Crippen LogP contribution in [0.1, 0.15) is 0 Å². The maximum absolute atomic E-state index is 2.40. The quantitative estimate of drug-likeness (QED) is 0.213. The lowest BCUT2D eigenvalue weighted by Gasteiger charge is -2.15. The molecule has 0 saturated carbocycles. The fourth-order valence-corrected chi connectivity index (χ4v) is 7.03. The molecule has 0 aliphatic rings. The zero-order valence-corrected chi connectivity index (χ0v) is 20.9. The first kappa shape index (κ1) is 20.7. The molecular formula is C36H22S. The topological polar surface area (TPSA) is 0 Å². The summed E-state index contributed by atoms with van der Waals surface area (Å²) in [5.74, 6) is 0. The Balaban J connectivity index is 1.43. The molecule has 0 aliphatic heterocycles. The Morgan fingerprint density at radius 1 is 0.324 bits per heavy atom. The standard InChI is InChI=1S/C36H22S/c1-4-12-28-24(9-1)19-26(23-17-18-32-31-15-7-8-16-35(31)37-36(32)22-23)21-33(28)34-20-25-10-2-3-11-27(25)29-13-5-6-14-30(29)34/h1-22H. The van der Waals surface area contributed by atoms with Crippen molar-refractivity contribution in [2.45, 2.75) is 0 Å². The summed E-state index contributed by atoms with van der Waals surface area (Å²) in [6.07, 6.45) is 0. The normalized spacial score (nSPS) is 11.8. The van der Waals surface area contributed by atoms with Gasteiger partial charge in [0.05, 0.1) is 0 Å². The van der Waals surface area contributed by atoms with Gasteiger partial charge in [0, 0.05) is 20.2 Å². The Morgan fingerprint density at radius 3 is 1.76 bits per heavy atom. The van der Waals surface area contributed by atoms with Gasteiger partial charge < -0.3 is 0 Å². The zero-order valence-electron chi connectivity index (χ0n) is 20.1. The summed E-state index contributed by atoms with van der Waals surface area (Å²) < 4.78 is 2.68. The van der Waals surface area contributed by atoms with Crippen molar-refractivity contribution in [3.8, 4) is 22.3 Å². The van der Waals surface area contributed by atoms with Crippen LogP contribution in [0.3, 0.4) is 0 Å². The monoisotopic (exact) mass is 486 g/mol. The Morgan fingerprint density at radius 2 is 0.919 bits per heavy atom. The van der Waals surface area contributed by atoms with Crippen LogP contribution in [0, 0.1) is 0 Å². The Bertz CT molecular complexity index is 2140. The van der Waals surface area contributed by atoms with Gasteiger partial charge in [-0.05, 0) is 84.9 Å². The lowest BCUT2D eigenvalue weighted by Crippen LogP contribution is -1.88. The van der Waals surface area contributed by atoms with Crippen LogP contribution in [0.5, 0.6) is 0 Å². The predicted molar refractivity (Wildman–Crippen MR) is 163 cm³/mol. The first-order valence-corrected chi connectivity index (χ1v) is 13.5. The van der Waals surface area contributed by atoms with Gasteiger partial charge in [-0.25, -0.2) is 0 Å². The number of hydrogen-bond acceptors (Lipinski definition) is 1. The molecule has 0 saturated heterocycles. The molecule has 0 spiro atoms. The number of rotatable bonds is 2. The molecule has 0 radical (unpaired) electrons. The molecule has 0 amide bonds. The van der Waals surface area contributed by atoms with Crippen molar-refractivity contribution in [3.63, 3.8) is 0 Å². The third-order valence-corrected chi connectivity index (χ3v) is 8.77. The van der Waals surface area contributed by atoms with Crippen molar-refractivity contribution in [1.29, 1.82) is 0 Å². The van der Waals surface area contributed by atoms with Crippen molar-refractivity contribution < 1.29 is 0 Å². The van der Waals surface area contributed by atoms with Crippen molar-refractivity contribution in [3.05, 3.63) is 133 Å². The van der Waals surface area contributed by atoms with Gasteiger partial charge in [0.25, 0.3) is 0 Å². The zero-order chi connectivity index (χ0) is 24.3. The van der Waals surface area contributed by atoms with E-state index in [1.807, 2.05) is 11.3 Å². The van der Waals surface area contributed by atoms with Crippen molar-refractivity contribution in [2.24, 2.45) is 0 Å². The number of thiophene rings is 1. The molecule has 8 rings (SSSR count). The lowest BCUT2D eigenvalue weighted by atomic mass is 9.88. The number of fused-ring (bicyclic) bond motifs is 7. The van der Waals surface area contributed by atoms with Gasteiger partial charge in [-0.2, -0.15) is 0 Å². The van der Waals surface area contributed by atoms with E-state index in [0.717, 1.165) is 0 Å². The average Bonchev–Trinajstić information content (AvgIpc) is 3.34. The second kappa shape index (κ2) is 8.03. The van der Waals surface area contributed by atoms with Crippen LogP contribution < -0.4 is 0 Å². The third-order valence-electron chi connectivity index (χ3n) is 7.63. The fourth-order valence-electron chi connectivity index (χ4n) is 5.88. The van der Waals surface area contributed by atoms with E-state index in [-0.39, 0.29) is 0 Å². The molecule has 37 heavy (non-hydrogen) atoms. The van der Waals surface area contributed by atoms with Gasteiger partial charge in [0.15, 0.2) is 0 Å². The average molecular weight is 487 g/mol. The van der Waals surface area contributed by atoms with Gasteiger partial charge in [-0.3, -0.25) is 0 Å². The molecule has 1 heterocycles. The molecule has 0 atom stereocenters. The smallest absolute Gasteiger partial charge is 0.0361 e. The number of benzene rings is 7. The first-order chi connectivity index (χ1) is 18.3. The Hall–Kier alpha value is -4.46. The molecule has 1 aromatic heterocycles. The summed E-state index contributed by atoms with van der Waals surface area (Å²) >= 11 is 1.88. The molecule has 172 valence electrons. The minimum absolute atomic E-state index is 1.25. The molecule has 1 heteroatoms. The maximum Gasteiger partial charge on any atom is 0.0361 e. The number of hydrogen-bond donors (Lipinski definition) is 0. The van der Waals surface area contributed by atoms with Crippen molar-refractivity contribution in [1.82, 2.24) is 0 Å². The van der Waals surface area contributed by atoms with Crippen LogP contribution in [0.2, 0.25) is 0 Å². The molecule has 7 aromatic carbocycles. The van der Waals surface area contributed by atoms with Gasteiger partial charge in [0.2, 0.25) is 0 Å². The van der Waals surface area contributed by atoms with Gasteiger partial charge in [0.1, 0.15) is 0 Å². The fraction of sp³-hybridized carbons (Fsp3) is 0. The van der Waals surface area contributed by atoms with Crippen molar-refractivity contribution >= 4 is 63.8 Å². The van der Waals surface area contributed by atoms with Gasteiger partial charge in [-0.15, -0.1) is 11.3 Å². The molecule has 0 nitrogen and oxygen atoms in total. The van der Waals surface area contributed by atoms with E-state index in [1.54, 1.807) is 0 Å². The maximum atomic E-state index is 2.40. The Kier molecular flexibility index (Phi) is 4.49. The lowest BCUT2D eigenvalue weighted by molar-refractivity contribution is 1.67. The summed E-state index contributed by atoms with van der Waals surface area (Å²) in [5, 5.41) is 10.4. The molecule has 0 aliphatic carbocycles. The van der Waals surface area contributed by atoms with Crippen LogP contribution in [-0.2, 0) is 0 Å². The van der Waals surface area contributed by atoms with Gasteiger partial charge >= 0.3 is 0 Å². The second-order valence-electron chi connectivity index (χ2n) is 9.74. The molecule has 0 unspecified atom stereocenters. The highest BCUT2D eigenvalue weighted by molar-refractivity contribution is 7.25. The van der Waals surface area contributed by atoms with Crippen molar-refractivity contribution in [2.75, 3.05) is 0 Å². The van der Waals surface area contributed by atoms with Gasteiger partial charge in [-0.1, -0.05) is 103 Å². The van der Waals surface area contributed by atoms with Crippen LogP contribution in [0.15, 0.2) is 133 Å². The van der Waals surface area contributed by atoms with E-state index in [9.17, 15) is 0 Å². The highest BCUT2D eigenvalue weighted by Crippen LogP contribution is 2.41. The predicted octanol–water partition coefficient (Wildman–Crippen LogP) is 10.8. The molecule has 0 fully saturated rings. The summed E-state index contributed by atoms with van der Waals surface area (Å²) in [5.41, 5.74) is 5.09. The van der Waals surface area contributed by atoms with Crippen LogP contribution in [-0.4, -0.2) is 0 Å². The highest BCUT2D eigenvalue weighted by atomic mass is 32.1. The summed E-state index contributed by atoms with van der Waals surface area (Å²) in [7, 11) is 0. The minimum atomic E-state index is 1.25. The molecule has 8 aromatic rings. The van der Waals surface area contributed by atoms with Crippen LogP contribution in [0.4, 0.5) is 0 Å². The summed E-state index contributed by atoms with van der Waals surface area (Å²) in [6, 6.07) is 49.1. The van der Waals surface area contributed by atoms with E-state index in [4.69, 9.17) is 0 Å². The molecule has 0 N–H and O–H groups in total. The SMILES string of the molecule is c1ccc2c(-c3cc4ccccc4c4ccccc34)cc(-c3ccc4c(c3)sc3ccccc34)cc2c1. The van der Waals surface area contributed by atoms with E-state index in [0.29, 0.717) is 0 Å². The van der Waals surface area contributed by atoms with E-state index in [1.165, 1.54) is 74.7 Å². The minimum Gasteiger partial charge on any atom is -0.135 e. The highest BCUT2D eigenvalue weighted by Gasteiger charge is 2.14. The largest absolute Gasteiger partial charge is 0.135 e. The summed E-state index contributed by atoms with van der Waals surface area (Å²) in [4.78, 5) is 0. The van der Waals surface area contributed by atoms with E-state index < -0.39 is 0 Å².